The molecule has 2 aromatic heterocycles. The quantitative estimate of drug-likeness (QED) is 0.561. The molecule has 0 amide bonds. The monoisotopic (exact) mass is 419 g/mol. The first-order valence-electron chi connectivity index (χ1n) is 7.08. The standard InChI is InChI=1S/C13H18IN5O3/c1-3-7-10(21-2)8(4-20)22-13(7)19-6-17-9-11(18-14)15-5-16-12(9)19/h5-8,10,13,20H,3-4H2,1-2H3,(H,15,16,18)/t7?,8-,10?,13-/m1/s1. The summed E-state index contributed by atoms with van der Waals surface area (Å²) in [5.41, 5.74) is 1.39. The molecule has 0 aliphatic carbocycles. The molecule has 4 atom stereocenters. The zero-order chi connectivity index (χ0) is 15.7. The van der Waals surface area contributed by atoms with Gasteiger partial charge in [0.15, 0.2) is 17.0 Å². The van der Waals surface area contributed by atoms with E-state index in [-0.39, 0.29) is 31.0 Å². The SMILES string of the molecule is CCC1C(OC)[C@@H](CO)O[C@H]1n1cnc2c(NI)ncnc21. The van der Waals surface area contributed by atoms with Gasteiger partial charge in [-0.2, -0.15) is 0 Å². The fraction of sp³-hybridized carbons (Fsp3) is 0.615. The van der Waals surface area contributed by atoms with E-state index in [1.54, 1.807) is 13.4 Å². The summed E-state index contributed by atoms with van der Waals surface area (Å²) in [7, 11) is 1.65. The maximum absolute atomic E-state index is 9.53. The number of anilines is 1. The molecule has 0 aromatic carbocycles. The van der Waals surface area contributed by atoms with Crippen LogP contribution in [0.25, 0.3) is 11.2 Å². The van der Waals surface area contributed by atoms with Crippen molar-refractivity contribution in [3.8, 4) is 0 Å². The molecule has 2 aromatic rings. The number of aliphatic hydroxyl groups excluding tert-OH is 1. The molecule has 9 heteroatoms. The van der Waals surface area contributed by atoms with E-state index in [1.165, 1.54) is 6.33 Å². The van der Waals surface area contributed by atoms with Crippen LogP contribution in [0.2, 0.25) is 0 Å². The topological polar surface area (TPSA) is 94.3 Å². The first-order chi connectivity index (χ1) is 10.7. The number of aliphatic hydroxyl groups is 1. The lowest BCUT2D eigenvalue weighted by Crippen LogP contribution is -2.31. The van der Waals surface area contributed by atoms with Crippen molar-refractivity contribution in [1.82, 2.24) is 19.5 Å². The Morgan fingerprint density at radius 2 is 2.27 bits per heavy atom. The Morgan fingerprint density at radius 1 is 1.45 bits per heavy atom. The molecule has 0 bridgehead atoms. The van der Waals surface area contributed by atoms with E-state index >= 15 is 0 Å². The minimum absolute atomic E-state index is 0.0757. The molecule has 1 aliphatic rings. The highest BCUT2D eigenvalue weighted by atomic mass is 127. The Morgan fingerprint density at radius 3 is 2.91 bits per heavy atom. The van der Waals surface area contributed by atoms with Gasteiger partial charge in [0.05, 0.1) is 41.9 Å². The molecule has 2 N–H and O–H groups in total. The predicted octanol–water partition coefficient (Wildman–Crippen LogP) is 1.52. The number of halogens is 1. The van der Waals surface area contributed by atoms with Crippen LogP contribution in [-0.4, -0.2) is 50.6 Å². The molecule has 22 heavy (non-hydrogen) atoms. The van der Waals surface area contributed by atoms with E-state index in [2.05, 4.69) is 25.4 Å². The van der Waals surface area contributed by atoms with Gasteiger partial charge in [-0.1, -0.05) is 6.92 Å². The van der Waals surface area contributed by atoms with Crippen LogP contribution >= 0.6 is 22.9 Å². The minimum atomic E-state index is -0.346. The van der Waals surface area contributed by atoms with Crippen molar-refractivity contribution in [2.75, 3.05) is 17.2 Å². The Bertz CT molecular complexity index is 652. The molecule has 3 heterocycles. The van der Waals surface area contributed by atoms with Gasteiger partial charge >= 0.3 is 0 Å². The summed E-state index contributed by atoms with van der Waals surface area (Å²) in [4.78, 5) is 12.9. The van der Waals surface area contributed by atoms with Crippen LogP contribution in [0.5, 0.6) is 0 Å². The van der Waals surface area contributed by atoms with Gasteiger partial charge in [-0.25, -0.2) is 15.0 Å². The summed E-state index contributed by atoms with van der Waals surface area (Å²) in [5, 5.41) is 9.53. The average Bonchev–Trinajstić information content (AvgIpc) is 3.14. The van der Waals surface area contributed by atoms with Crippen molar-refractivity contribution in [2.45, 2.75) is 31.8 Å². The van der Waals surface area contributed by atoms with E-state index < -0.39 is 0 Å². The lowest BCUT2D eigenvalue weighted by molar-refractivity contribution is -0.0517. The van der Waals surface area contributed by atoms with Crippen molar-refractivity contribution in [3.63, 3.8) is 0 Å². The second-order valence-corrected chi connectivity index (χ2v) is 5.70. The molecule has 1 aliphatic heterocycles. The highest BCUT2D eigenvalue weighted by Crippen LogP contribution is 2.39. The number of aromatic nitrogens is 4. The van der Waals surface area contributed by atoms with Gasteiger partial charge in [-0.05, 0) is 6.42 Å². The van der Waals surface area contributed by atoms with E-state index in [1.807, 2.05) is 27.4 Å². The van der Waals surface area contributed by atoms with Crippen molar-refractivity contribution >= 4 is 39.8 Å². The van der Waals surface area contributed by atoms with Gasteiger partial charge in [0.1, 0.15) is 18.7 Å². The summed E-state index contributed by atoms with van der Waals surface area (Å²) in [5.74, 6) is 0.780. The summed E-state index contributed by atoms with van der Waals surface area (Å²) < 4.78 is 16.4. The summed E-state index contributed by atoms with van der Waals surface area (Å²) in [6.45, 7) is 2.01. The van der Waals surface area contributed by atoms with Crippen molar-refractivity contribution in [3.05, 3.63) is 12.7 Å². The van der Waals surface area contributed by atoms with Crippen LogP contribution < -0.4 is 3.53 Å². The Balaban J connectivity index is 2.03. The number of methoxy groups -OCH3 is 1. The molecule has 0 radical (unpaired) electrons. The van der Waals surface area contributed by atoms with Crippen molar-refractivity contribution in [1.29, 1.82) is 0 Å². The molecule has 0 spiro atoms. The van der Waals surface area contributed by atoms with Gasteiger partial charge in [0, 0.05) is 13.0 Å². The Labute approximate surface area is 141 Å². The van der Waals surface area contributed by atoms with E-state index in [0.29, 0.717) is 17.0 Å². The third-order valence-corrected chi connectivity index (χ3v) is 4.63. The summed E-state index contributed by atoms with van der Waals surface area (Å²) in [6, 6.07) is 0. The highest BCUT2D eigenvalue weighted by Gasteiger charge is 2.45. The van der Waals surface area contributed by atoms with Crippen LogP contribution in [-0.2, 0) is 9.47 Å². The van der Waals surface area contributed by atoms with Crippen LogP contribution in [0.3, 0.4) is 0 Å². The van der Waals surface area contributed by atoms with Crippen molar-refractivity contribution in [2.24, 2.45) is 5.92 Å². The number of rotatable bonds is 5. The number of nitrogens with zero attached hydrogens (tertiary/aromatic N) is 4. The fourth-order valence-electron chi connectivity index (χ4n) is 3.08. The van der Waals surface area contributed by atoms with Gasteiger partial charge in [-0.3, -0.25) is 4.57 Å². The smallest absolute Gasteiger partial charge is 0.167 e. The maximum Gasteiger partial charge on any atom is 0.167 e. The number of imidazole rings is 1. The fourth-order valence-corrected chi connectivity index (χ4v) is 3.48. The minimum Gasteiger partial charge on any atom is -0.394 e. The molecule has 3 rings (SSSR count). The second-order valence-electron chi connectivity index (χ2n) is 5.16. The summed E-state index contributed by atoms with van der Waals surface area (Å²) >= 11 is 2.02. The number of hydrogen-bond donors (Lipinski definition) is 2. The molecule has 0 saturated carbocycles. The van der Waals surface area contributed by atoms with Crippen molar-refractivity contribution < 1.29 is 14.6 Å². The molecule has 1 fully saturated rings. The van der Waals surface area contributed by atoms with Gasteiger partial charge < -0.3 is 18.1 Å². The van der Waals surface area contributed by atoms with Gasteiger partial charge in [-0.15, -0.1) is 0 Å². The van der Waals surface area contributed by atoms with Crippen LogP contribution in [0.1, 0.15) is 19.6 Å². The predicted molar refractivity (Wildman–Crippen MR) is 88.5 cm³/mol. The number of fused-ring (bicyclic) bond motifs is 1. The maximum atomic E-state index is 9.53. The lowest BCUT2D eigenvalue weighted by Gasteiger charge is -2.21. The average molecular weight is 419 g/mol. The van der Waals surface area contributed by atoms with E-state index in [4.69, 9.17) is 9.47 Å². The zero-order valence-electron chi connectivity index (χ0n) is 12.3. The molecule has 2 unspecified atom stereocenters. The molecular weight excluding hydrogens is 401 g/mol. The van der Waals surface area contributed by atoms with E-state index in [0.717, 1.165) is 6.42 Å². The van der Waals surface area contributed by atoms with Gasteiger partial charge in [0.2, 0.25) is 0 Å². The van der Waals surface area contributed by atoms with Crippen LogP contribution in [0.15, 0.2) is 12.7 Å². The number of ether oxygens (including phenoxy) is 2. The first-order valence-corrected chi connectivity index (χ1v) is 8.16. The highest BCUT2D eigenvalue weighted by molar-refractivity contribution is 14.1. The van der Waals surface area contributed by atoms with E-state index in [9.17, 15) is 5.11 Å². The molecular formula is C13H18IN5O3. The van der Waals surface area contributed by atoms with Crippen LogP contribution in [0, 0.1) is 5.92 Å². The first kappa shape index (κ1) is 15.8. The molecule has 8 nitrogen and oxygen atoms in total. The Kier molecular flexibility index (Phi) is 4.76. The summed E-state index contributed by atoms with van der Waals surface area (Å²) in [6.07, 6.45) is 3.30. The molecule has 120 valence electrons. The lowest BCUT2D eigenvalue weighted by atomic mass is 9.97. The van der Waals surface area contributed by atoms with Gasteiger partial charge in [0.25, 0.3) is 0 Å². The molecule has 1 saturated heterocycles. The number of nitrogens with one attached hydrogen (secondary N) is 1. The zero-order valence-corrected chi connectivity index (χ0v) is 14.5. The third-order valence-electron chi connectivity index (χ3n) is 4.11. The van der Waals surface area contributed by atoms with Crippen LogP contribution in [0.4, 0.5) is 5.82 Å². The largest absolute Gasteiger partial charge is 0.394 e. The normalized spacial score (nSPS) is 28.4. The third kappa shape index (κ3) is 2.45. The Hall–Kier alpha value is -1.04. The number of hydrogen-bond acceptors (Lipinski definition) is 7. The second kappa shape index (κ2) is 6.60.